The lowest BCUT2D eigenvalue weighted by molar-refractivity contribution is -0.384. The van der Waals surface area contributed by atoms with E-state index >= 15 is 0 Å². The van der Waals surface area contributed by atoms with Gasteiger partial charge in [0, 0.05) is 6.20 Å². The van der Waals surface area contributed by atoms with Crippen molar-refractivity contribution in [2.24, 2.45) is 0 Å². The van der Waals surface area contributed by atoms with E-state index in [4.69, 9.17) is 9.84 Å². The van der Waals surface area contributed by atoms with E-state index < -0.39 is 10.9 Å². The average Bonchev–Trinajstić information content (AvgIpc) is 2.80. The molecule has 0 aliphatic carbocycles. The van der Waals surface area contributed by atoms with Crippen LogP contribution in [0.3, 0.4) is 0 Å². The van der Waals surface area contributed by atoms with E-state index in [1.54, 1.807) is 6.07 Å². The maximum Gasteiger partial charge on any atom is 0.339 e. The van der Waals surface area contributed by atoms with Crippen molar-refractivity contribution in [2.45, 2.75) is 6.92 Å². The van der Waals surface area contributed by atoms with Crippen molar-refractivity contribution in [3.8, 4) is 11.4 Å². The first-order chi connectivity index (χ1) is 9.43. The molecule has 8 nitrogen and oxygen atoms in total. The Bertz CT molecular complexity index is 692. The number of methoxy groups -OCH3 is 1. The Morgan fingerprint density at radius 2 is 2.20 bits per heavy atom. The summed E-state index contributed by atoms with van der Waals surface area (Å²) in [6.45, 7) is 1.52. The molecule has 0 saturated carbocycles. The van der Waals surface area contributed by atoms with E-state index in [2.05, 4.69) is 5.10 Å². The van der Waals surface area contributed by atoms with Crippen molar-refractivity contribution < 1.29 is 19.6 Å². The number of hydrogen-bond donors (Lipinski definition) is 1. The lowest BCUT2D eigenvalue weighted by Gasteiger charge is -2.05. The number of aryl methyl sites for hydroxylation is 1. The van der Waals surface area contributed by atoms with Crippen LogP contribution in [0.4, 0.5) is 5.69 Å². The molecular weight excluding hydrogens is 266 g/mol. The Hall–Kier alpha value is -2.90. The molecule has 0 amide bonds. The van der Waals surface area contributed by atoms with Crippen LogP contribution in [0.1, 0.15) is 16.1 Å². The Balaban J connectivity index is 2.60. The number of carboxylic acid groups (broad SMARTS) is 1. The minimum Gasteiger partial charge on any atom is -0.496 e. The SMILES string of the molecule is COc1ccc(-n2cc(C(=O)O)c(C)n2)c([N+](=O)[O-])c1. The molecule has 0 fully saturated rings. The second kappa shape index (κ2) is 5.00. The molecule has 8 heteroatoms. The first-order valence-corrected chi connectivity index (χ1v) is 5.56. The largest absolute Gasteiger partial charge is 0.496 e. The molecule has 0 unspecified atom stereocenters. The van der Waals surface area contributed by atoms with Crippen LogP contribution in [-0.4, -0.2) is 32.9 Å². The molecule has 1 aromatic heterocycles. The van der Waals surface area contributed by atoms with Crippen LogP contribution < -0.4 is 4.74 Å². The third kappa shape index (κ3) is 2.30. The van der Waals surface area contributed by atoms with Crippen LogP contribution >= 0.6 is 0 Å². The van der Waals surface area contributed by atoms with Crippen molar-refractivity contribution >= 4 is 11.7 Å². The number of benzene rings is 1. The van der Waals surface area contributed by atoms with Gasteiger partial charge in [-0.25, -0.2) is 9.48 Å². The van der Waals surface area contributed by atoms with E-state index in [0.717, 1.165) is 0 Å². The second-order valence-electron chi connectivity index (χ2n) is 3.99. The number of rotatable bonds is 4. The highest BCUT2D eigenvalue weighted by atomic mass is 16.6. The van der Waals surface area contributed by atoms with Gasteiger partial charge in [-0.2, -0.15) is 5.10 Å². The summed E-state index contributed by atoms with van der Waals surface area (Å²) in [7, 11) is 1.40. The van der Waals surface area contributed by atoms with Crippen LogP contribution in [-0.2, 0) is 0 Å². The lowest BCUT2D eigenvalue weighted by Crippen LogP contribution is -2.01. The molecule has 2 rings (SSSR count). The van der Waals surface area contributed by atoms with Crippen molar-refractivity contribution in [3.05, 3.63) is 45.8 Å². The van der Waals surface area contributed by atoms with E-state index in [9.17, 15) is 14.9 Å². The molecule has 0 aliphatic rings. The predicted octanol–water partition coefficient (Wildman–Crippen LogP) is 1.80. The number of aromatic carboxylic acids is 1. The summed E-state index contributed by atoms with van der Waals surface area (Å²) in [5.74, 6) is -0.798. The van der Waals surface area contributed by atoms with Gasteiger partial charge in [0.1, 0.15) is 17.0 Å². The monoisotopic (exact) mass is 277 g/mol. The summed E-state index contributed by atoms with van der Waals surface area (Å²) in [6, 6.07) is 4.25. The molecule has 0 radical (unpaired) electrons. The minimum atomic E-state index is -1.13. The molecule has 1 N–H and O–H groups in total. The van der Waals surface area contributed by atoms with Crippen LogP contribution in [0.15, 0.2) is 24.4 Å². The van der Waals surface area contributed by atoms with Gasteiger partial charge in [-0.15, -0.1) is 0 Å². The summed E-state index contributed by atoms with van der Waals surface area (Å²) >= 11 is 0. The molecular formula is C12H11N3O5. The van der Waals surface area contributed by atoms with Crippen molar-refractivity contribution in [3.63, 3.8) is 0 Å². The Morgan fingerprint density at radius 3 is 2.70 bits per heavy atom. The van der Waals surface area contributed by atoms with Gasteiger partial charge in [-0.1, -0.05) is 0 Å². The quantitative estimate of drug-likeness (QED) is 0.674. The highest BCUT2D eigenvalue weighted by Gasteiger charge is 2.20. The fraction of sp³-hybridized carbons (Fsp3) is 0.167. The number of ether oxygens (including phenoxy) is 1. The Morgan fingerprint density at radius 1 is 1.50 bits per heavy atom. The van der Waals surface area contributed by atoms with Crippen molar-refractivity contribution in [2.75, 3.05) is 7.11 Å². The van der Waals surface area contributed by atoms with Crippen LogP contribution in [0.25, 0.3) is 5.69 Å². The smallest absolute Gasteiger partial charge is 0.339 e. The van der Waals surface area contributed by atoms with Crippen molar-refractivity contribution in [1.29, 1.82) is 0 Å². The first kappa shape index (κ1) is 13.5. The van der Waals surface area contributed by atoms with Gasteiger partial charge < -0.3 is 9.84 Å². The zero-order chi connectivity index (χ0) is 14.9. The highest BCUT2D eigenvalue weighted by molar-refractivity contribution is 5.88. The number of nitro benzene ring substituents is 1. The number of carboxylic acids is 1. The summed E-state index contributed by atoms with van der Waals surface area (Å²) in [5.41, 5.74) is 0.230. The number of nitrogens with zero attached hydrogens (tertiary/aromatic N) is 3. The summed E-state index contributed by atoms with van der Waals surface area (Å²) in [5, 5.41) is 24.1. The van der Waals surface area contributed by atoms with Gasteiger partial charge in [-0.05, 0) is 19.1 Å². The van der Waals surface area contributed by atoms with Gasteiger partial charge in [0.15, 0.2) is 0 Å². The molecule has 104 valence electrons. The molecule has 2 aromatic rings. The fourth-order valence-electron chi connectivity index (χ4n) is 1.76. The van der Waals surface area contributed by atoms with E-state index in [1.807, 2.05) is 0 Å². The normalized spacial score (nSPS) is 10.3. The minimum absolute atomic E-state index is 0.00452. The summed E-state index contributed by atoms with van der Waals surface area (Å²) in [6.07, 6.45) is 1.24. The van der Waals surface area contributed by atoms with Crippen LogP contribution in [0, 0.1) is 17.0 Å². The fourth-order valence-corrected chi connectivity index (χ4v) is 1.76. The van der Waals surface area contributed by atoms with Crippen molar-refractivity contribution in [1.82, 2.24) is 9.78 Å². The summed E-state index contributed by atoms with van der Waals surface area (Å²) in [4.78, 5) is 21.5. The number of aromatic nitrogens is 2. The van der Waals surface area contributed by atoms with E-state index in [1.165, 1.54) is 37.0 Å². The molecule has 0 bridgehead atoms. The van der Waals surface area contributed by atoms with E-state index in [0.29, 0.717) is 5.75 Å². The van der Waals surface area contributed by atoms with Crippen LogP contribution in [0.2, 0.25) is 0 Å². The third-order valence-electron chi connectivity index (χ3n) is 2.76. The zero-order valence-electron chi connectivity index (χ0n) is 10.7. The number of nitro groups is 1. The topological polar surface area (TPSA) is 107 Å². The number of hydrogen-bond acceptors (Lipinski definition) is 5. The molecule has 0 spiro atoms. The van der Waals surface area contributed by atoms with Gasteiger partial charge in [0.2, 0.25) is 0 Å². The van der Waals surface area contributed by atoms with Gasteiger partial charge in [0.05, 0.1) is 23.8 Å². The molecule has 1 heterocycles. The second-order valence-corrected chi connectivity index (χ2v) is 3.99. The maximum atomic E-state index is 11.1. The molecule has 0 aliphatic heterocycles. The van der Waals surface area contributed by atoms with Gasteiger partial charge in [-0.3, -0.25) is 10.1 Å². The number of carbonyl (C=O) groups is 1. The third-order valence-corrected chi connectivity index (χ3v) is 2.76. The Kier molecular flexibility index (Phi) is 3.38. The standard InChI is InChI=1S/C12H11N3O5/c1-7-9(12(16)17)6-14(13-7)10-4-3-8(20-2)5-11(10)15(18)19/h3-6H,1-2H3,(H,16,17). The lowest BCUT2D eigenvalue weighted by atomic mass is 10.2. The zero-order valence-corrected chi connectivity index (χ0v) is 10.7. The van der Waals surface area contributed by atoms with Crippen LogP contribution in [0.5, 0.6) is 5.75 Å². The highest BCUT2D eigenvalue weighted by Crippen LogP contribution is 2.27. The molecule has 1 aromatic carbocycles. The molecule has 0 atom stereocenters. The van der Waals surface area contributed by atoms with Gasteiger partial charge >= 0.3 is 5.97 Å². The summed E-state index contributed by atoms with van der Waals surface area (Å²) < 4.78 is 6.11. The van der Waals surface area contributed by atoms with Gasteiger partial charge in [0.25, 0.3) is 5.69 Å². The predicted molar refractivity (Wildman–Crippen MR) is 68.5 cm³/mol. The molecule has 20 heavy (non-hydrogen) atoms. The molecule has 0 saturated heterocycles. The first-order valence-electron chi connectivity index (χ1n) is 5.56. The Labute approximate surface area is 113 Å². The average molecular weight is 277 g/mol. The van der Waals surface area contributed by atoms with E-state index in [-0.39, 0.29) is 22.6 Å². The maximum absolute atomic E-state index is 11.1.